The molecular formula is C76H26F68N4. The molecule has 4 aromatic carbocycles. The van der Waals surface area contributed by atoms with Crippen LogP contribution in [0.4, 0.5) is 299 Å². The predicted molar refractivity (Wildman–Crippen MR) is 359 cm³/mol. The van der Waals surface area contributed by atoms with Crippen LogP contribution in [0.2, 0.25) is 0 Å². The van der Waals surface area contributed by atoms with Gasteiger partial charge in [-0.05, 0) is 46.5 Å². The van der Waals surface area contributed by atoms with Gasteiger partial charge in [0, 0.05) is 33.3 Å². The number of halogens is 68. The number of nitrogens with one attached hydrogen (secondary N) is 2. The zero-order chi connectivity index (χ0) is 115. The first-order valence-electron chi connectivity index (χ1n) is 36.7. The Labute approximate surface area is 765 Å². The molecule has 2 N–H and O–H groups in total. The van der Waals surface area contributed by atoms with Gasteiger partial charge >= 0.3 is 191 Å². The van der Waals surface area contributed by atoms with E-state index in [4.69, 9.17) is 0 Å². The lowest BCUT2D eigenvalue weighted by Crippen LogP contribution is -2.74. The molecule has 0 fully saturated rings. The fourth-order valence-corrected chi connectivity index (χ4v) is 13.5. The van der Waals surface area contributed by atoms with Crippen LogP contribution in [0.3, 0.4) is 0 Å². The number of allylic oxidation sites excluding steroid dienone is 2. The summed E-state index contributed by atoms with van der Waals surface area (Å²) >= 11 is 0. The van der Waals surface area contributed by atoms with Crippen LogP contribution in [0.15, 0.2) is 133 Å². The maximum Gasteiger partial charge on any atom is 0.460 e. The Morgan fingerprint density at radius 1 is 0.162 bits per heavy atom. The van der Waals surface area contributed by atoms with Gasteiger partial charge in [-0.3, -0.25) is 0 Å². The second-order valence-corrected chi connectivity index (χ2v) is 30.8. The third-order valence-corrected chi connectivity index (χ3v) is 21.7. The Hall–Kier alpha value is -11.3. The minimum absolute atomic E-state index is 0.109. The fourth-order valence-electron chi connectivity index (χ4n) is 13.5. The van der Waals surface area contributed by atoms with E-state index in [1.165, 1.54) is 0 Å². The number of nitrogens with zero attached hydrogens (tertiary/aromatic N) is 2. The number of aromatic nitrogens is 4. The zero-order valence-electron chi connectivity index (χ0n) is 67.5. The van der Waals surface area contributed by atoms with Gasteiger partial charge in [-0.1, -0.05) is 121 Å². The topological polar surface area (TPSA) is 57.4 Å². The minimum Gasteiger partial charge on any atom is -0.354 e. The van der Waals surface area contributed by atoms with E-state index in [0.717, 1.165) is 0 Å². The molecular weight excluding hydrogens is 2260 g/mol. The van der Waals surface area contributed by atoms with E-state index in [1.54, 1.807) is 0 Å². The SMILES string of the molecule is FC(F)(F)C(F)(F)C(F)(F)C(F)(F)C(F)(F)C(F)(F)C(F)(F)C(F)(F)C1=Cc2nc1c(-c1ccccc1)c1nc(c(-c3ccccc3)c3cc(C(F)(F)C(F)(F)C(F)(F)C(F)(F)C(F)(F)C(F)(F)C(F)(F)C(F)(F)F)c([nH]3)c(-c3ccccc3)c3cc(C(F)(F)C(F)(F)C(F)(F)C(F)(F)C(F)(F)C(F)(F)C(F)(F)C(F)(F)F)c([nH]3)c2-c2ccccc2)C(C(F)(F)C(F)(F)C(F)(F)C(F)(F)C(F)(F)C(F)(F)C(F)(F)C(F)(F)F)=C1. The largest absolute Gasteiger partial charge is 0.460 e. The molecule has 0 radical (unpaired) electrons. The summed E-state index contributed by atoms with van der Waals surface area (Å²) in [5.74, 6) is -271. The lowest BCUT2D eigenvalue weighted by Gasteiger charge is -2.43. The number of H-pyrrole nitrogens is 2. The van der Waals surface area contributed by atoms with Crippen LogP contribution >= 0.6 is 0 Å². The first kappa shape index (κ1) is 120. The van der Waals surface area contributed by atoms with Crippen molar-refractivity contribution >= 4 is 45.4 Å². The van der Waals surface area contributed by atoms with Crippen LogP contribution in [0.25, 0.3) is 89.9 Å². The molecule has 4 nitrogen and oxygen atoms in total. The summed E-state index contributed by atoms with van der Waals surface area (Å²) in [5.41, 5.74) is -69.9. The molecule has 0 saturated carbocycles. The van der Waals surface area contributed by atoms with E-state index >= 15 is 176 Å². The van der Waals surface area contributed by atoms with Crippen molar-refractivity contribution < 1.29 is 299 Å². The third-order valence-electron chi connectivity index (χ3n) is 21.7. The molecule has 5 heterocycles. The molecule has 72 heteroatoms. The van der Waals surface area contributed by atoms with E-state index in [9.17, 15) is 123 Å². The normalized spacial score (nSPS) is 16.1. The summed E-state index contributed by atoms with van der Waals surface area (Å²) < 4.78 is 1060. The van der Waals surface area contributed by atoms with Gasteiger partial charge < -0.3 is 9.97 Å². The second-order valence-electron chi connectivity index (χ2n) is 30.8. The summed E-state index contributed by atoms with van der Waals surface area (Å²) in [7, 11) is 0. The highest BCUT2D eigenvalue weighted by molar-refractivity contribution is 6.06. The van der Waals surface area contributed by atoms with Gasteiger partial charge in [0.05, 0.1) is 56.1 Å². The number of fused-ring (bicyclic) bond motifs is 8. The average Bonchev–Trinajstić information content (AvgIpc) is 1.46. The summed E-state index contributed by atoms with van der Waals surface area (Å²) in [5, 5.41) is 0. The number of benzene rings is 4. The van der Waals surface area contributed by atoms with Gasteiger partial charge in [0.25, 0.3) is 0 Å². The Bertz CT molecular complexity index is 6410. The predicted octanol–water partition coefficient (Wildman–Crippen LogP) is 33.0. The number of hydrogen-bond donors (Lipinski definition) is 2. The highest BCUT2D eigenvalue weighted by atomic mass is 19.5. The molecule has 0 saturated heterocycles. The van der Waals surface area contributed by atoms with Crippen molar-refractivity contribution in [2.24, 2.45) is 0 Å². The van der Waals surface area contributed by atoms with E-state index in [0.29, 0.717) is 9.97 Å². The Morgan fingerprint density at radius 2 is 0.324 bits per heavy atom. The highest BCUT2D eigenvalue weighted by Gasteiger charge is 3.01. The van der Waals surface area contributed by atoms with Gasteiger partial charge in [0.2, 0.25) is 0 Å². The zero-order valence-corrected chi connectivity index (χ0v) is 67.5. The van der Waals surface area contributed by atoms with Gasteiger partial charge in [0.15, 0.2) is 0 Å². The smallest absolute Gasteiger partial charge is 0.354 e. The maximum absolute atomic E-state index is 18.2. The van der Waals surface area contributed by atoms with Crippen LogP contribution in [0.1, 0.15) is 33.9 Å². The minimum atomic E-state index is -10.1. The van der Waals surface area contributed by atoms with Gasteiger partial charge in [0.1, 0.15) is 0 Å². The summed E-state index contributed by atoms with van der Waals surface area (Å²) in [6.45, 7) is 0. The molecule has 148 heavy (non-hydrogen) atoms. The lowest BCUT2D eigenvalue weighted by molar-refractivity contribution is -0.462. The Balaban J connectivity index is 1.76. The van der Waals surface area contributed by atoms with E-state index < -0.39 is 375 Å². The maximum atomic E-state index is 18.2. The van der Waals surface area contributed by atoms with Crippen LogP contribution in [-0.2, 0) is 11.8 Å². The molecule has 826 valence electrons. The Kier molecular flexibility index (Phi) is 27.7. The quantitative estimate of drug-likeness (QED) is 0.0413. The fraction of sp³-hybridized carbons (Fsp3) is 0.421. The molecule has 0 aliphatic carbocycles. The van der Waals surface area contributed by atoms with Crippen molar-refractivity contribution in [1.82, 2.24) is 19.9 Å². The first-order valence-corrected chi connectivity index (χ1v) is 36.7. The summed E-state index contributed by atoms with van der Waals surface area (Å²) in [4.78, 5) is 6.67. The van der Waals surface area contributed by atoms with Crippen LogP contribution in [-0.4, -0.2) is 199 Å². The van der Waals surface area contributed by atoms with Crippen LogP contribution < -0.4 is 0 Å². The Morgan fingerprint density at radius 3 is 0.547 bits per heavy atom. The van der Waals surface area contributed by atoms with Gasteiger partial charge in [-0.25, -0.2) is 9.97 Å². The molecule has 3 aromatic heterocycles. The molecule has 2 aliphatic rings. The third kappa shape index (κ3) is 15.6. The molecule has 0 unspecified atom stereocenters. The molecule has 0 amide bonds. The molecule has 2 aliphatic heterocycles. The van der Waals surface area contributed by atoms with Crippen LogP contribution in [0, 0.1) is 0 Å². The second kappa shape index (κ2) is 34.1. The number of hydrogen-bond acceptors (Lipinski definition) is 2. The summed E-state index contributed by atoms with van der Waals surface area (Å²) in [6, 6.07) is -7.96. The number of alkyl halides is 68. The van der Waals surface area contributed by atoms with E-state index in [-0.39, 0.29) is 72.8 Å². The first-order chi connectivity index (χ1) is 65.3. The molecule has 0 atom stereocenters. The van der Waals surface area contributed by atoms with Crippen molar-refractivity contribution in [3.8, 4) is 44.5 Å². The number of rotatable bonds is 32. The van der Waals surface area contributed by atoms with Crippen molar-refractivity contribution in [3.05, 3.63) is 167 Å². The standard InChI is InChI=1S/C76H26F68N4/c77-45(78,49(85,86)53(93,94)57(101,102)61(109,110)65(117,118)69(125,126)73(133,134)135)29-22-34-38(26-15-7-2-8-16-26)43-31(47(81,82)51(89,90)55(97,98)59(105,106)63(113,114)67(121,122)71(129,130)75(139,140)141)24-36(148-43)40(28-19-11-4-12-20-28)44-32(48(83,84)52(91,92)56(99,100)60(107,108)64(115,116)68(123,124)72(131,132)76(142,143)144)23-35(147-44)39(27-17-9-3-10-18-27)42-30(21-33(145-42)37(41(29)146-34)25-13-5-1-6-14-25)46(79,80)50(87,88)54(95,96)58(103,104)62(111,112)66(119,120)70(127,128)74(136,137)138/h1-24,145-146H. The molecule has 0 spiro atoms. The highest BCUT2D eigenvalue weighted by Crippen LogP contribution is 2.74. The summed E-state index contributed by atoms with van der Waals surface area (Å²) in [6.07, 6.45) is -39.0. The van der Waals surface area contributed by atoms with Crippen molar-refractivity contribution in [3.63, 3.8) is 0 Å². The number of aromatic amines is 2. The monoisotopic (exact) mass is 2290 g/mol. The van der Waals surface area contributed by atoms with Gasteiger partial charge in [-0.15, -0.1) is 0 Å². The van der Waals surface area contributed by atoms with Crippen molar-refractivity contribution in [2.45, 2.75) is 191 Å². The van der Waals surface area contributed by atoms with E-state index in [1.807, 2.05) is 0 Å². The average molecular weight is 2290 g/mol. The molecule has 7 aromatic rings. The molecule has 8 bridgehead atoms. The van der Waals surface area contributed by atoms with Crippen LogP contribution in [0.5, 0.6) is 0 Å². The van der Waals surface area contributed by atoms with Crippen molar-refractivity contribution in [1.29, 1.82) is 0 Å². The lowest BCUT2D eigenvalue weighted by atomic mass is 9.84. The van der Waals surface area contributed by atoms with Crippen molar-refractivity contribution in [2.75, 3.05) is 0 Å². The van der Waals surface area contributed by atoms with Gasteiger partial charge in [-0.2, -0.15) is 299 Å². The molecule has 9 rings (SSSR count). The van der Waals surface area contributed by atoms with E-state index in [2.05, 4.69) is 9.97 Å².